The van der Waals surface area contributed by atoms with Gasteiger partial charge in [0.15, 0.2) is 0 Å². The number of ether oxygens (including phenoxy) is 4. The van der Waals surface area contributed by atoms with E-state index < -0.39 is 41.3 Å². The first-order valence-corrected chi connectivity index (χ1v) is 12.6. The van der Waals surface area contributed by atoms with Gasteiger partial charge in [-0.3, -0.25) is 14.9 Å². The number of rotatable bonds is 11. The van der Waals surface area contributed by atoms with Crippen LogP contribution in [0.2, 0.25) is 0 Å². The van der Waals surface area contributed by atoms with Gasteiger partial charge in [0.25, 0.3) is 12.2 Å². The summed E-state index contributed by atoms with van der Waals surface area (Å²) in [6, 6.07) is 20.1. The number of nitriles is 1. The first kappa shape index (κ1) is 29.8. The maximum atomic E-state index is 12.4. The van der Waals surface area contributed by atoms with Crippen LogP contribution < -0.4 is 31.1 Å². The number of urea groups is 1. The molecule has 0 aromatic heterocycles. The standard InChI is InChI=1S/C28H25N7O8/c1-2-40-24(36)15-23-25(35(38)39)26(34(31)28(33-23)43-20-10-6-7-18(13-20)32-27(30)37)42-22-12-17(16-29)11-21(14-22)41-19-8-4-3-5-9-19/h3-14,28H,2,15,31H2,1H3,(H3,30,32,37). The Morgan fingerprint density at radius 2 is 1.74 bits per heavy atom. The number of aliphatic imine (C=N–C) groups is 1. The molecule has 15 heteroatoms. The summed E-state index contributed by atoms with van der Waals surface area (Å²) in [6.07, 6.45) is -2.08. The zero-order valence-electron chi connectivity index (χ0n) is 22.6. The van der Waals surface area contributed by atoms with E-state index in [1.807, 2.05) is 6.07 Å². The van der Waals surface area contributed by atoms with Crippen molar-refractivity contribution in [2.24, 2.45) is 16.6 Å². The lowest BCUT2D eigenvalue weighted by molar-refractivity contribution is -0.420. The molecule has 3 aromatic rings. The van der Waals surface area contributed by atoms with Crippen LogP contribution in [0.15, 0.2) is 89.4 Å². The number of carbonyl (C=O) groups excluding carboxylic acids is 2. The van der Waals surface area contributed by atoms with Crippen LogP contribution >= 0.6 is 0 Å². The number of esters is 1. The van der Waals surface area contributed by atoms with Gasteiger partial charge in [0.05, 0.1) is 29.6 Å². The molecule has 0 saturated heterocycles. The van der Waals surface area contributed by atoms with Gasteiger partial charge in [0.2, 0.25) is 0 Å². The van der Waals surface area contributed by atoms with Crippen LogP contribution in [0.1, 0.15) is 18.9 Å². The van der Waals surface area contributed by atoms with E-state index in [-0.39, 0.29) is 40.8 Å². The van der Waals surface area contributed by atoms with Crippen molar-refractivity contribution in [3.05, 3.63) is 100 Å². The van der Waals surface area contributed by atoms with E-state index >= 15 is 0 Å². The molecule has 3 aromatic carbocycles. The van der Waals surface area contributed by atoms with Gasteiger partial charge in [-0.05, 0) is 43.3 Å². The fraction of sp³-hybridized carbons (Fsp3) is 0.143. The van der Waals surface area contributed by atoms with Gasteiger partial charge in [-0.25, -0.2) is 20.6 Å². The molecular formula is C28H25N7O8. The first-order valence-electron chi connectivity index (χ1n) is 12.6. The van der Waals surface area contributed by atoms with Gasteiger partial charge in [0, 0.05) is 17.8 Å². The van der Waals surface area contributed by atoms with Gasteiger partial charge in [0.1, 0.15) is 28.7 Å². The molecule has 43 heavy (non-hydrogen) atoms. The number of hydrogen-bond donors (Lipinski definition) is 3. The quantitative estimate of drug-likeness (QED) is 0.127. The number of nitrogens with one attached hydrogen (secondary N) is 1. The summed E-state index contributed by atoms with van der Waals surface area (Å²) in [5.41, 5.74) is 4.52. The molecule has 220 valence electrons. The second-order valence-corrected chi connectivity index (χ2v) is 8.66. The second kappa shape index (κ2) is 13.5. The molecule has 1 heterocycles. The number of nitro groups is 1. The van der Waals surface area contributed by atoms with E-state index in [1.54, 1.807) is 49.4 Å². The maximum absolute atomic E-state index is 12.4. The maximum Gasteiger partial charge on any atom is 0.352 e. The van der Waals surface area contributed by atoms with Crippen molar-refractivity contribution >= 4 is 23.4 Å². The van der Waals surface area contributed by atoms with E-state index in [1.165, 1.54) is 30.3 Å². The number of amides is 2. The van der Waals surface area contributed by atoms with E-state index in [4.69, 9.17) is 30.5 Å². The highest BCUT2D eigenvalue weighted by Gasteiger charge is 2.40. The van der Waals surface area contributed by atoms with Gasteiger partial charge in [-0.1, -0.05) is 24.3 Å². The SMILES string of the molecule is CCOC(=O)CC1=NC(Oc2cccc(NC(N)=O)c2)N(N)C(Oc2cc(C#N)cc(Oc3ccccc3)c2)=C1[N+](=O)[O-]. The molecule has 1 aliphatic rings. The van der Waals surface area contributed by atoms with Crippen LogP contribution in [0.4, 0.5) is 10.5 Å². The van der Waals surface area contributed by atoms with Crippen molar-refractivity contribution in [3.8, 4) is 29.1 Å². The van der Waals surface area contributed by atoms with Gasteiger partial charge < -0.3 is 30.0 Å². The zero-order chi connectivity index (χ0) is 30.9. The molecule has 4 rings (SSSR count). The van der Waals surface area contributed by atoms with E-state index in [2.05, 4.69) is 10.3 Å². The van der Waals surface area contributed by atoms with Crippen molar-refractivity contribution in [2.75, 3.05) is 11.9 Å². The molecule has 0 saturated carbocycles. The van der Waals surface area contributed by atoms with Crippen LogP contribution in [0.25, 0.3) is 0 Å². The number of nitrogens with two attached hydrogens (primary N) is 2. The van der Waals surface area contributed by atoms with Crippen molar-refractivity contribution in [1.82, 2.24) is 5.01 Å². The highest BCUT2D eigenvalue weighted by molar-refractivity contribution is 6.08. The Bertz CT molecular complexity index is 1640. The van der Waals surface area contributed by atoms with E-state index in [9.17, 15) is 25.0 Å². The molecule has 1 unspecified atom stereocenters. The third-order valence-electron chi connectivity index (χ3n) is 5.56. The van der Waals surface area contributed by atoms with Gasteiger partial charge >= 0.3 is 17.7 Å². The number of allylic oxidation sites excluding steroid dienone is 1. The normalized spacial score (nSPS) is 14.2. The Balaban J connectivity index is 1.74. The molecule has 1 aliphatic heterocycles. The fourth-order valence-corrected chi connectivity index (χ4v) is 3.85. The fourth-order valence-electron chi connectivity index (χ4n) is 3.85. The molecular weight excluding hydrogens is 562 g/mol. The number of primary amides is 1. The van der Waals surface area contributed by atoms with Crippen LogP contribution in [0, 0.1) is 21.4 Å². The Labute approximate surface area is 244 Å². The van der Waals surface area contributed by atoms with Gasteiger partial charge in [-0.2, -0.15) is 5.26 Å². The Morgan fingerprint density at radius 1 is 1.05 bits per heavy atom. The largest absolute Gasteiger partial charge is 0.466 e. The third-order valence-corrected chi connectivity index (χ3v) is 5.56. The number of carbonyl (C=O) groups is 2. The number of benzene rings is 3. The van der Waals surface area contributed by atoms with E-state index in [0.29, 0.717) is 5.75 Å². The molecule has 0 radical (unpaired) electrons. The lowest BCUT2D eigenvalue weighted by atomic mass is 10.1. The van der Waals surface area contributed by atoms with Crippen molar-refractivity contribution in [3.63, 3.8) is 0 Å². The first-order chi connectivity index (χ1) is 20.7. The second-order valence-electron chi connectivity index (χ2n) is 8.66. The summed E-state index contributed by atoms with van der Waals surface area (Å²) in [7, 11) is 0. The summed E-state index contributed by atoms with van der Waals surface area (Å²) in [6.45, 7) is 1.61. The minimum atomic E-state index is -1.48. The number of hydrazine groups is 1. The lowest BCUT2D eigenvalue weighted by Gasteiger charge is -2.31. The van der Waals surface area contributed by atoms with Crippen LogP contribution in [0.5, 0.6) is 23.0 Å². The zero-order valence-corrected chi connectivity index (χ0v) is 22.6. The predicted octanol–water partition coefficient (Wildman–Crippen LogP) is 3.61. The topological polar surface area (TPSA) is 218 Å². The molecule has 0 aliphatic carbocycles. The monoisotopic (exact) mass is 587 g/mol. The number of nitrogens with zero attached hydrogens (tertiary/aromatic N) is 4. The molecule has 0 bridgehead atoms. The number of anilines is 1. The third kappa shape index (κ3) is 7.74. The molecule has 2 amide bonds. The minimum Gasteiger partial charge on any atom is -0.466 e. The highest BCUT2D eigenvalue weighted by Crippen LogP contribution is 2.32. The lowest BCUT2D eigenvalue weighted by Crippen LogP contribution is -2.49. The summed E-state index contributed by atoms with van der Waals surface area (Å²) >= 11 is 0. The summed E-state index contributed by atoms with van der Waals surface area (Å²) in [4.78, 5) is 39.3. The number of para-hydroxylation sites is 1. The predicted molar refractivity (Wildman–Crippen MR) is 151 cm³/mol. The minimum absolute atomic E-state index is 0.0285. The molecule has 15 nitrogen and oxygen atoms in total. The van der Waals surface area contributed by atoms with Crippen LogP contribution in [-0.2, 0) is 9.53 Å². The highest BCUT2D eigenvalue weighted by atomic mass is 16.6. The number of hydrogen-bond acceptors (Lipinski definition) is 12. The van der Waals surface area contributed by atoms with Crippen molar-refractivity contribution < 1.29 is 33.5 Å². The molecule has 0 fully saturated rings. The summed E-state index contributed by atoms with van der Waals surface area (Å²) in [5, 5.41) is 25.0. The Morgan fingerprint density at radius 3 is 2.40 bits per heavy atom. The molecule has 1 atom stereocenters. The summed E-state index contributed by atoms with van der Waals surface area (Å²) in [5.74, 6) is 5.70. The van der Waals surface area contributed by atoms with Gasteiger partial charge in [-0.15, -0.1) is 0 Å². The molecule has 0 spiro atoms. The van der Waals surface area contributed by atoms with Crippen LogP contribution in [-0.4, -0.2) is 40.6 Å². The molecule has 5 N–H and O–H groups in total. The average Bonchev–Trinajstić information content (AvgIpc) is 2.95. The van der Waals surface area contributed by atoms with Crippen LogP contribution in [0.3, 0.4) is 0 Å². The van der Waals surface area contributed by atoms with Crippen molar-refractivity contribution in [1.29, 1.82) is 5.26 Å². The smallest absolute Gasteiger partial charge is 0.352 e. The Kier molecular flexibility index (Phi) is 9.35. The Hall–Kier alpha value is -6.14. The average molecular weight is 588 g/mol. The van der Waals surface area contributed by atoms with E-state index in [0.717, 1.165) is 5.01 Å². The summed E-state index contributed by atoms with van der Waals surface area (Å²) < 4.78 is 22.5. The van der Waals surface area contributed by atoms with Crippen molar-refractivity contribution in [2.45, 2.75) is 19.7 Å².